The van der Waals surface area contributed by atoms with Crippen molar-refractivity contribution in [2.45, 2.75) is 18.0 Å². The molecule has 0 spiro atoms. The molecule has 1 unspecified atom stereocenters. The first-order valence-corrected chi connectivity index (χ1v) is 11.3. The average molecular weight is 463 g/mol. The summed E-state index contributed by atoms with van der Waals surface area (Å²) in [6.45, 7) is 0. The lowest BCUT2D eigenvalue weighted by Gasteiger charge is -2.25. The predicted octanol–water partition coefficient (Wildman–Crippen LogP) is 5.73. The van der Waals surface area contributed by atoms with Gasteiger partial charge in [0.1, 0.15) is 5.37 Å². The van der Waals surface area contributed by atoms with E-state index in [1.165, 1.54) is 40.1 Å². The van der Waals surface area contributed by atoms with Gasteiger partial charge in [0.2, 0.25) is 11.8 Å². The molecule has 9 heteroatoms. The number of halogens is 3. The Hall–Kier alpha value is -2.78. The predicted molar refractivity (Wildman–Crippen MR) is 117 cm³/mol. The van der Waals surface area contributed by atoms with E-state index in [1.54, 1.807) is 18.2 Å². The molecule has 4 nitrogen and oxygen atoms in total. The molecule has 3 aromatic rings. The minimum absolute atomic E-state index is 0.144. The lowest BCUT2D eigenvalue weighted by molar-refractivity contribution is -0.137. The molecular weight excluding hydrogens is 445 g/mol. The molecule has 0 radical (unpaired) electrons. The van der Waals surface area contributed by atoms with Crippen LogP contribution in [0.2, 0.25) is 0 Å². The zero-order chi connectivity index (χ0) is 22.0. The summed E-state index contributed by atoms with van der Waals surface area (Å²) >= 11 is 2.90. The molecule has 1 saturated heterocycles. The van der Waals surface area contributed by atoms with Crippen LogP contribution in [0, 0.1) is 0 Å². The summed E-state index contributed by atoms with van der Waals surface area (Å²) in [5.41, 5.74) is 1.03. The molecule has 0 aliphatic carbocycles. The van der Waals surface area contributed by atoms with Crippen molar-refractivity contribution < 1.29 is 22.8 Å². The van der Waals surface area contributed by atoms with Gasteiger partial charge in [-0.3, -0.25) is 14.5 Å². The Labute approximate surface area is 185 Å². The van der Waals surface area contributed by atoms with Crippen LogP contribution < -0.4 is 10.2 Å². The maximum absolute atomic E-state index is 12.9. The van der Waals surface area contributed by atoms with E-state index >= 15 is 0 Å². The Morgan fingerprint density at radius 2 is 1.87 bits per heavy atom. The van der Waals surface area contributed by atoms with Gasteiger partial charge in [-0.25, -0.2) is 0 Å². The van der Waals surface area contributed by atoms with Crippen molar-refractivity contribution in [1.29, 1.82) is 0 Å². The van der Waals surface area contributed by atoms with Crippen LogP contribution in [-0.4, -0.2) is 17.6 Å². The molecular formula is C22H17F3N2O2S2. The quantitative estimate of drug-likeness (QED) is 0.527. The molecule has 1 atom stereocenters. The van der Waals surface area contributed by atoms with Crippen molar-refractivity contribution in [1.82, 2.24) is 0 Å². The molecule has 4 rings (SSSR count). The van der Waals surface area contributed by atoms with Crippen LogP contribution in [0.15, 0.2) is 66.0 Å². The van der Waals surface area contributed by atoms with Crippen molar-refractivity contribution >= 4 is 46.3 Å². The summed E-state index contributed by atoms with van der Waals surface area (Å²) < 4.78 is 38.6. The van der Waals surface area contributed by atoms with E-state index in [0.717, 1.165) is 22.6 Å². The molecule has 31 heavy (non-hydrogen) atoms. The smallest absolute Gasteiger partial charge is 0.326 e. The zero-order valence-electron chi connectivity index (χ0n) is 16.1. The molecule has 1 fully saturated rings. The number of nitrogens with zero attached hydrogens (tertiary/aromatic N) is 1. The van der Waals surface area contributed by atoms with Crippen molar-refractivity contribution in [2.75, 3.05) is 16.0 Å². The first-order valence-electron chi connectivity index (χ1n) is 9.34. The largest absolute Gasteiger partial charge is 0.416 e. The number of rotatable bonds is 5. The number of hydrogen-bond donors (Lipinski definition) is 1. The summed E-state index contributed by atoms with van der Waals surface area (Å²) in [5, 5.41) is 4.38. The highest BCUT2D eigenvalue weighted by atomic mass is 32.2. The second-order valence-corrected chi connectivity index (χ2v) is 9.00. The van der Waals surface area contributed by atoms with Crippen LogP contribution in [-0.2, 0) is 22.2 Å². The van der Waals surface area contributed by atoms with Gasteiger partial charge in [0.15, 0.2) is 0 Å². The first-order chi connectivity index (χ1) is 14.8. The third kappa shape index (κ3) is 4.94. The summed E-state index contributed by atoms with van der Waals surface area (Å²) in [5.74, 6) is -0.100. The lowest BCUT2D eigenvalue weighted by Crippen LogP contribution is -2.28. The highest BCUT2D eigenvalue weighted by Crippen LogP contribution is 2.43. The fraction of sp³-hybridized carbons (Fsp3) is 0.182. The van der Waals surface area contributed by atoms with Gasteiger partial charge in [0, 0.05) is 16.3 Å². The minimum atomic E-state index is -4.43. The minimum Gasteiger partial charge on any atom is -0.326 e. The Morgan fingerprint density at radius 1 is 1.10 bits per heavy atom. The third-order valence-electron chi connectivity index (χ3n) is 4.71. The van der Waals surface area contributed by atoms with Crippen LogP contribution in [0.3, 0.4) is 0 Å². The Balaban J connectivity index is 1.53. The number of benzene rings is 2. The fourth-order valence-corrected chi connectivity index (χ4v) is 5.18. The highest BCUT2D eigenvalue weighted by Gasteiger charge is 2.35. The molecule has 1 aliphatic heterocycles. The van der Waals surface area contributed by atoms with Crippen molar-refractivity contribution in [3.05, 3.63) is 82.0 Å². The number of thiophene rings is 1. The van der Waals surface area contributed by atoms with Gasteiger partial charge >= 0.3 is 6.18 Å². The van der Waals surface area contributed by atoms with Gasteiger partial charge < -0.3 is 5.32 Å². The number of anilines is 2. The van der Waals surface area contributed by atoms with E-state index in [1.807, 2.05) is 23.6 Å². The molecule has 1 aromatic heterocycles. The van der Waals surface area contributed by atoms with Gasteiger partial charge in [-0.2, -0.15) is 13.2 Å². The van der Waals surface area contributed by atoms with E-state index in [2.05, 4.69) is 5.32 Å². The molecule has 1 N–H and O–H groups in total. The van der Waals surface area contributed by atoms with Gasteiger partial charge in [-0.05, 0) is 53.4 Å². The number of alkyl halides is 3. The van der Waals surface area contributed by atoms with Gasteiger partial charge in [-0.15, -0.1) is 23.1 Å². The van der Waals surface area contributed by atoms with E-state index < -0.39 is 17.1 Å². The number of hydrogen-bond acceptors (Lipinski definition) is 4. The number of amides is 2. The maximum Gasteiger partial charge on any atom is 0.416 e. The number of nitrogens with one attached hydrogen (secondary N) is 1. The van der Waals surface area contributed by atoms with Gasteiger partial charge in [0.25, 0.3) is 0 Å². The SMILES string of the molecule is O=C(Cc1cccs1)Nc1cccc(C2SCC(=O)N2c2ccc(C(F)(F)F)cc2)c1. The van der Waals surface area contributed by atoms with E-state index in [0.29, 0.717) is 11.4 Å². The maximum atomic E-state index is 12.9. The van der Waals surface area contributed by atoms with Crippen molar-refractivity contribution in [2.24, 2.45) is 0 Å². The normalized spacial score (nSPS) is 16.5. The summed E-state index contributed by atoms with van der Waals surface area (Å²) in [6, 6.07) is 15.5. The lowest BCUT2D eigenvalue weighted by atomic mass is 10.1. The molecule has 0 saturated carbocycles. The number of carbonyl (C=O) groups excluding carboxylic acids is 2. The van der Waals surface area contributed by atoms with Crippen LogP contribution in [0.4, 0.5) is 24.5 Å². The molecule has 160 valence electrons. The van der Waals surface area contributed by atoms with Crippen LogP contribution in [0.25, 0.3) is 0 Å². The molecule has 2 aromatic carbocycles. The Morgan fingerprint density at radius 3 is 2.55 bits per heavy atom. The van der Waals surface area contributed by atoms with Crippen LogP contribution in [0.5, 0.6) is 0 Å². The molecule has 1 aliphatic rings. The Bertz CT molecular complexity index is 1080. The monoisotopic (exact) mass is 462 g/mol. The van der Waals surface area contributed by atoms with E-state index in [9.17, 15) is 22.8 Å². The second kappa shape index (κ2) is 8.76. The van der Waals surface area contributed by atoms with Crippen molar-refractivity contribution in [3.63, 3.8) is 0 Å². The number of thioether (sulfide) groups is 1. The second-order valence-electron chi connectivity index (χ2n) is 6.90. The highest BCUT2D eigenvalue weighted by molar-refractivity contribution is 8.00. The van der Waals surface area contributed by atoms with E-state index in [-0.39, 0.29) is 24.0 Å². The zero-order valence-corrected chi connectivity index (χ0v) is 17.7. The van der Waals surface area contributed by atoms with Crippen LogP contribution >= 0.6 is 23.1 Å². The van der Waals surface area contributed by atoms with Crippen LogP contribution in [0.1, 0.15) is 21.4 Å². The first kappa shape index (κ1) is 21.5. The summed E-state index contributed by atoms with van der Waals surface area (Å²) in [7, 11) is 0. The number of carbonyl (C=O) groups is 2. The summed E-state index contributed by atoms with van der Waals surface area (Å²) in [4.78, 5) is 27.2. The van der Waals surface area contributed by atoms with Gasteiger partial charge in [0.05, 0.1) is 17.7 Å². The fourth-order valence-electron chi connectivity index (χ4n) is 3.31. The Kier molecular flexibility index (Phi) is 6.06. The van der Waals surface area contributed by atoms with Gasteiger partial charge in [-0.1, -0.05) is 18.2 Å². The topological polar surface area (TPSA) is 49.4 Å². The van der Waals surface area contributed by atoms with E-state index in [4.69, 9.17) is 0 Å². The molecule has 2 heterocycles. The average Bonchev–Trinajstić information content (AvgIpc) is 3.37. The molecule has 2 amide bonds. The summed E-state index contributed by atoms with van der Waals surface area (Å²) in [6.07, 6.45) is -4.16. The van der Waals surface area contributed by atoms with Crippen molar-refractivity contribution in [3.8, 4) is 0 Å². The third-order valence-corrected chi connectivity index (χ3v) is 6.80. The standard InChI is InChI=1S/C22H17F3N2O2S2/c23-22(24,25)15-6-8-17(9-7-15)27-20(29)13-31-21(27)14-3-1-4-16(11-14)26-19(28)12-18-5-2-10-30-18/h1-11,21H,12-13H2,(H,26,28). The molecule has 0 bridgehead atoms.